The first-order valence-electron chi connectivity index (χ1n) is 12.0. The van der Waals surface area contributed by atoms with Crippen LogP contribution in [0.3, 0.4) is 0 Å². The van der Waals surface area contributed by atoms with Gasteiger partial charge in [-0.1, -0.05) is 0 Å². The summed E-state index contributed by atoms with van der Waals surface area (Å²) < 4.78 is 56.3. The third-order valence-electron chi connectivity index (χ3n) is 7.18. The Labute approximate surface area is 210 Å². The molecule has 13 heteroatoms. The van der Waals surface area contributed by atoms with Crippen LogP contribution in [0.5, 0.6) is 0 Å². The van der Waals surface area contributed by atoms with Crippen molar-refractivity contribution in [2.24, 2.45) is 5.92 Å². The van der Waals surface area contributed by atoms with Crippen molar-refractivity contribution >= 4 is 29.2 Å². The Balaban J connectivity index is 1.31. The number of alkyl halides is 2. The number of likely N-dealkylation sites (tertiary alicyclic amines) is 1. The molecule has 0 spiro atoms. The maximum absolute atomic E-state index is 13.8. The number of nitrogens with one attached hydrogen (secondary N) is 1. The zero-order valence-electron chi connectivity index (χ0n) is 20.3. The molecule has 3 aliphatic rings. The third-order valence-corrected chi connectivity index (χ3v) is 7.18. The molecule has 5 rings (SSSR count). The smallest absolute Gasteiger partial charge is 0.322 e. The summed E-state index contributed by atoms with van der Waals surface area (Å²) in [4.78, 5) is 42.7. The molecule has 1 N–H and O–H groups in total. The number of amides is 4. The van der Waals surface area contributed by atoms with E-state index in [4.69, 9.17) is 0 Å². The first-order chi connectivity index (χ1) is 17.4. The monoisotopic (exact) mass is 522 g/mol. The fourth-order valence-electron chi connectivity index (χ4n) is 5.17. The summed E-state index contributed by atoms with van der Waals surface area (Å²) in [5.41, 5.74) is 1.18. The highest BCUT2D eigenvalue weighted by Gasteiger charge is 2.45. The van der Waals surface area contributed by atoms with Gasteiger partial charge in [-0.3, -0.25) is 14.3 Å². The number of hydrogen-bond donors (Lipinski definition) is 1. The third kappa shape index (κ3) is 4.62. The van der Waals surface area contributed by atoms with E-state index in [0.29, 0.717) is 17.9 Å². The average molecular weight is 523 g/mol. The summed E-state index contributed by atoms with van der Waals surface area (Å²) in [6.07, 6.45) is 1.01. The highest BCUT2D eigenvalue weighted by atomic mass is 19.3. The molecule has 0 saturated carbocycles. The van der Waals surface area contributed by atoms with Crippen molar-refractivity contribution in [3.63, 3.8) is 0 Å². The van der Waals surface area contributed by atoms with Crippen LogP contribution < -0.4 is 10.2 Å². The number of urea groups is 1. The number of aryl methyl sites for hydroxylation is 1. The van der Waals surface area contributed by atoms with Gasteiger partial charge in [-0.05, 0) is 25.5 Å². The summed E-state index contributed by atoms with van der Waals surface area (Å²) in [6, 6.07) is 1.40. The second-order valence-electron chi connectivity index (χ2n) is 9.93. The van der Waals surface area contributed by atoms with Gasteiger partial charge in [-0.2, -0.15) is 5.10 Å². The largest absolute Gasteiger partial charge is 0.336 e. The van der Waals surface area contributed by atoms with Crippen molar-refractivity contribution in [2.45, 2.75) is 51.7 Å². The Morgan fingerprint density at radius 3 is 2.62 bits per heavy atom. The van der Waals surface area contributed by atoms with Crippen molar-refractivity contribution in [3.05, 3.63) is 41.2 Å². The Bertz CT molecular complexity index is 1260. The van der Waals surface area contributed by atoms with Crippen LogP contribution in [-0.4, -0.2) is 69.0 Å². The lowest BCUT2D eigenvalue weighted by molar-refractivity contribution is -0.136. The van der Waals surface area contributed by atoms with Crippen LogP contribution >= 0.6 is 0 Å². The van der Waals surface area contributed by atoms with Gasteiger partial charge in [0.15, 0.2) is 11.6 Å². The van der Waals surface area contributed by atoms with Gasteiger partial charge in [0.1, 0.15) is 0 Å². The van der Waals surface area contributed by atoms with Gasteiger partial charge in [0.25, 0.3) is 5.92 Å². The summed E-state index contributed by atoms with van der Waals surface area (Å²) in [6.45, 7) is 2.95. The van der Waals surface area contributed by atoms with Crippen molar-refractivity contribution in [1.29, 1.82) is 0 Å². The molecule has 2 saturated heterocycles. The molecule has 1 aromatic heterocycles. The fraction of sp³-hybridized carbons (Fsp3) is 0.500. The highest BCUT2D eigenvalue weighted by Crippen LogP contribution is 2.34. The van der Waals surface area contributed by atoms with Crippen molar-refractivity contribution in [1.82, 2.24) is 19.6 Å². The number of aromatic nitrogens is 2. The van der Waals surface area contributed by atoms with Gasteiger partial charge in [0.05, 0.1) is 49.2 Å². The Kier molecular flexibility index (Phi) is 6.11. The normalized spacial score (nSPS) is 23.0. The lowest BCUT2D eigenvalue weighted by atomic mass is 10.1. The zero-order valence-corrected chi connectivity index (χ0v) is 20.3. The van der Waals surface area contributed by atoms with Crippen molar-refractivity contribution in [3.8, 4) is 0 Å². The standard InChI is InChI=1S/C24H26F4N6O3/c1-13-5-16(7-17(25)21(13)26)30-23(37)32-11-19-18(8-29-34(19)9-14(32)2)33-10-15(6-20(33)35)22(36)31-4-3-24(27,28)12-31/h5,7-8,14-15H,3-4,6,9-12H2,1-2H3,(H,30,37)/t14-,15?/m0/s1. The van der Waals surface area contributed by atoms with E-state index in [9.17, 15) is 31.9 Å². The topological polar surface area (TPSA) is 90.8 Å². The van der Waals surface area contributed by atoms with Crippen LogP contribution in [0.15, 0.2) is 18.3 Å². The van der Waals surface area contributed by atoms with E-state index in [2.05, 4.69) is 10.4 Å². The predicted molar refractivity (Wildman–Crippen MR) is 124 cm³/mol. The van der Waals surface area contributed by atoms with Crippen LogP contribution in [0.1, 0.15) is 31.0 Å². The van der Waals surface area contributed by atoms with Gasteiger partial charge in [-0.25, -0.2) is 22.4 Å². The number of hydrogen-bond acceptors (Lipinski definition) is 4. The molecule has 9 nitrogen and oxygen atoms in total. The van der Waals surface area contributed by atoms with E-state index in [0.717, 1.165) is 11.0 Å². The van der Waals surface area contributed by atoms with Crippen LogP contribution in [0.4, 0.5) is 33.7 Å². The lowest BCUT2D eigenvalue weighted by Gasteiger charge is -2.35. The molecular weight excluding hydrogens is 496 g/mol. The molecule has 2 atom stereocenters. The van der Waals surface area contributed by atoms with Crippen molar-refractivity contribution < 1.29 is 31.9 Å². The Morgan fingerprint density at radius 2 is 1.95 bits per heavy atom. The molecule has 3 aliphatic heterocycles. The van der Waals surface area contributed by atoms with Gasteiger partial charge in [0, 0.05) is 37.7 Å². The van der Waals surface area contributed by atoms with Crippen molar-refractivity contribution in [2.75, 3.05) is 29.9 Å². The molecule has 0 aliphatic carbocycles. The van der Waals surface area contributed by atoms with Gasteiger partial charge >= 0.3 is 6.03 Å². The molecule has 0 radical (unpaired) electrons. The van der Waals surface area contributed by atoms with Crippen LogP contribution in [0, 0.1) is 24.5 Å². The zero-order chi connectivity index (χ0) is 26.6. The number of nitrogens with zero attached hydrogens (tertiary/aromatic N) is 5. The molecule has 0 bridgehead atoms. The SMILES string of the molecule is Cc1cc(NC(=O)N2Cc3c(N4CC(C(=O)N5CCC(F)(F)C5)CC4=O)cnn3C[C@@H]2C)cc(F)c1F. The molecule has 198 valence electrons. The molecule has 1 unspecified atom stereocenters. The molecule has 2 fully saturated rings. The number of fused-ring (bicyclic) bond motifs is 1. The second kappa shape index (κ2) is 9.03. The highest BCUT2D eigenvalue weighted by molar-refractivity contribution is 6.00. The molecule has 2 aromatic rings. The van der Waals surface area contributed by atoms with E-state index >= 15 is 0 Å². The quantitative estimate of drug-likeness (QED) is 0.628. The number of carbonyl (C=O) groups is 3. The average Bonchev–Trinajstić information content (AvgIpc) is 3.52. The number of halogens is 4. The number of rotatable bonds is 3. The van der Waals surface area contributed by atoms with E-state index in [1.165, 1.54) is 29.0 Å². The predicted octanol–water partition coefficient (Wildman–Crippen LogP) is 3.13. The first kappa shape index (κ1) is 25.0. The molecule has 37 heavy (non-hydrogen) atoms. The molecule has 1 aromatic carbocycles. The maximum Gasteiger partial charge on any atom is 0.322 e. The molecular formula is C24H26F4N6O3. The Hall–Kier alpha value is -3.64. The first-order valence-corrected chi connectivity index (χ1v) is 12.0. The summed E-state index contributed by atoms with van der Waals surface area (Å²) >= 11 is 0. The fourth-order valence-corrected chi connectivity index (χ4v) is 5.17. The van der Waals surface area contributed by atoms with Gasteiger partial charge in [0.2, 0.25) is 11.8 Å². The van der Waals surface area contributed by atoms with E-state index in [-0.39, 0.29) is 55.7 Å². The lowest BCUT2D eigenvalue weighted by Crippen LogP contribution is -2.47. The van der Waals surface area contributed by atoms with E-state index < -0.39 is 42.0 Å². The minimum atomic E-state index is -2.91. The van der Waals surface area contributed by atoms with Crippen LogP contribution in [-0.2, 0) is 22.7 Å². The van der Waals surface area contributed by atoms with E-state index in [1.807, 2.05) is 6.92 Å². The Morgan fingerprint density at radius 1 is 1.19 bits per heavy atom. The van der Waals surface area contributed by atoms with E-state index in [1.54, 1.807) is 4.68 Å². The molecule has 4 heterocycles. The number of benzene rings is 1. The van der Waals surface area contributed by atoms with Crippen LogP contribution in [0.2, 0.25) is 0 Å². The maximum atomic E-state index is 13.8. The minimum absolute atomic E-state index is 0.0360. The van der Waals surface area contributed by atoms with Gasteiger partial charge in [-0.15, -0.1) is 0 Å². The van der Waals surface area contributed by atoms with Gasteiger partial charge < -0.3 is 20.0 Å². The minimum Gasteiger partial charge on any atom is -0.336 e. The summed E-state index contributed by atoms with van der Waals surface area (Å²) in [5, 5.41) is 6.93. The second-order valence-corrected chi connectivity index (χ2v) is 9.93. The number of carbonyl (C=O) groups excluding carboxylic acids is 3. The summed E-state index contributed by atoms with van der Waals surface area (Å²) in [7, 11) is 0. The van der Waals surface area contributed by atoms with Crippen LogP contribution in [0.25, 0.3) is 0 Å². The summed E-state index contributed by atoms with van der Waals surface area (Å²) in [5.74, 6) is -6.50. The molecule has 4 amide bonds. The number of anilines is 2.